The summed E-state index contributed by atoms with van der Waals surface area (Å²) in [7, 11) is 6.08. The third-order valence-corrected chi connectivity index (χ3v) is 6.06. The number of rotatable bonds is 9. The molecule has 10 heteroatoms. The Kier molecular flexibility index (Phi) is 7.11. The molecule has 1 aromatic heterocycles. The van der Waals surface area contributed by atoms with E-state index in [-0.39, 0.29) is 19.8 Å². The molecule has 186 valence electrons. The Morgan fingerprint density at radius 2 is 1.74 bits per heavy atom. The number of amides is 1. The number of esters is 1. The van der Waals surface area contributed by atoms with Crippen LogP contribution in [0.5, 0.6) is 17.2 Å². The van der Waals surface area contributed by atoms with Gasteiger partial charge in [-0.3, -0.25) is 14.5 Å². The van der Waals surface area contributed by atoms with E-state index in [1.807, 2.05) is 28.8 Å². The topological polar surface area (TPSA) is 101 Å². The largest absolute Gasteiger partial charge is 0.493 e. The number of methoxy groups -OCH3 is 4. The first-order chi connectivity index (χ1) is 17.0. The summed E-state index contributed by atoms with van der Waals surface area (Å²) in [6.07, 6.45) is 0. The standard InChI is InChI=1S/C25H29N3O7/c1-6-35-24(30)19-20(15-11-12-18(32-3)22(34-5)21(15)33-4)28-17-10-8-7-9-16(17)26-25(28)27(23(19)29)13-14-31-2/h7-12,19-20H,6,13-14H2,1-5H3/t19-,20+/m0/s1. The number of nitrogens with zero attached hydrogens (tertiary/aromatic N) is 3. The van der Waals surface area contributed by atoms with E-state index in [9.17, 15) is 9.59 Å². The van der Waals surface area contributed by atoms with Crippen LogP contribution >= 0.6 is 0 Å². The Bertz CT molecular complexity index is 1240. The Balaban J connectivity index is 2.05. The van der Waals surface area contributed by atoms with E-state index in [0.29, 0.717) is 34.3 Å². The van der Waals surface area contributed by atoms with Gasteiger partial charge >= 0.3 is 5.97 Å². The van der Waals surface area contributed by atoms with E-state index >= 15 is 0 Å². The first-order valence-electron chi connectivity index (χ1n) is 11.2. The molecule has 0 bridgehead atoms. The normalized spacial score (nSPS) is 17.3. The summed E-state index contributed by atoms with van der Waals surface area (Å²) in [6.45, 7) is 2.34. The molecule has 0 spiro atoms. The molecule has 0 saturated heterocycles. The molecule has 2 atom stereocenters. The summed E-state index contributed by atoms with van der Waals surface area (Å²) in [5, 5.41) is 0. The first-order valence-corrected chi connectivity index (χ1v) is 11.2. The van der Waals surface area contributed by atoms with Crippen LogP contribution in [0.15, 0.2) is 36.4 Å². The Hall–Kier alpha value is -3.79. The number of para-hydroxylation sites is 2. The highest BCUT2D eigenvalue weighted by Gasteiger charge is 2.49. The number of hydrogen-bond acceptors (Lipinski definition) is 8. The maximum absolute atomic E-state index is 13.9. The second kappa shape index (κ2) is 10.2. The zero-order valence-corrected chi connectivity index (χ0v) is 20.4. The first kappa shape index (κ1) is 24.3. The van der Waals surface area contributed by atoms with Crippen molar-refractivity contribution in [3.8, 4) is 17.2 Å². The van der Waals surface area contributed by atoms with Gasteiger partial charge in [-0.15, -0.1) is 0 Å². The van der Waals surface area contributed by atoms with Crippen LogP contribution in [0, 0.1) is 5.92 Å². The lowest BCUT2D eigenvalue weighted by Crippen LogP contribution is -2.51. The fourth-order valence-corrected chi connectivity index (χ4v) is 4.58. The predicted octanol–water partition coefficient (Wildman–Crippen LogP) is 2.82. The van der Waals surface area contributed by atoms with Crippen LogP contribution in [0.3, 0.4) is 0 Å². The highest BCUT2D eigenvalue weighted by atomic mass is 16.5. The van der Waals surface area contributed by atoms with E-state index in [2.05, 4.69) is 0 Å². The van der Waals surface area contributed by atoms with Crippen molar-refractivity contribution in [3.05, 3.63) is 42.0 Å². The summed E-state index contributed by atoms with van der Waals surface area (Å²) in [5.41, 5.74) is 2.01. The van der Waals surface area contributed by atoms with Crippen LogP contribution in [0.25, 0.3) is 11.0 Å². The Morgan fingerprint density at radius 3 is 2.40 bits per heavy atom. The van der Waals surface area contributed by atoms with Crippen LogP contribution in [0.2, 0.25) is 0 Å². The summed E-state index contributed by atoms with van der Waals surface area (Å²) in [6, 6.07) is 10.2. The Labute approximate surface area is 203 Å². The number of fused-ring (bicyclic) bond motifs is 3. The smallest absolute Gasteiger partial charge is 0.321 e. The zero-order valence-electron chi connectivity index (χ0n) is 20.4. The van der Waals surface area contributed by atoms with Crippen molar-refractivity contribution in [3.63, 3.8) is 0 Å². The van der Waals surface area contributed by atoms with E-state index in [1.165, 1.54) is 26.2 Å². The van der Waals surface area contributed by atoms with Gasteiger partial charge in [-0.25, -0.2) is 4.98 Å². The molecule has 0 N–H and O–H groups in total. The van der Waals surface area contributed by atoms with Gasteiger partial charge in [-0.05, 0) is 31.2 Å². The number of hydrogen-bond donors (Lipinski definition) is 0. The van der Waals surface area contributed by atoms with Gasteiger partial charge in [0, 0.05) is 12.7 Å². The minimum Gasteiger partial charge on any atom is -0.493 e. The van der Waals surface area contributed by atoms with Crippen molar-refractivity contribution in [2.45, 2.75) is 13.0 Å². The van der Waals surface area contributed by atoms with Crippen molar-refractivity contribution in [2.24, 2.45) is 5.92 Å². The number of carbonyl (C=O) groups excluding carboxylic acids is 2. The summed E-state index contributed by atoms with van der Waals surface area (Å²) >= 11 is 0. The van der Waals surface area contributed by atoms with Crippen molar-refractivity contribution in [1.29, 1.82) is 0 Å². The molecule has 0 radical (unpaired) electrons. The summed E-state index contributed by atoms with van der Waals surface area (Å²) in [4.78, 5) is 33.4. The fraction of sp³-hybridized carbons (Fsp3) is 0.400. The van der Waals surface area contributed by atoms with Crippen LogP contribution in [-0.2, 0) is 19.1 Å². The van der Waals surface area contributed by atoms with Gasteiger partial charge in [0.05, 0.1) is 58.2 Å². The predicted molar refractivity (Wildman–Crippen MR) is 128 cm³/mol. The average molecular weight is 484 g/mol. The number of ether oxygens (including phenoxy) is 5. The SMILES string of the molecule is CCOC(=O)[C@@H]1C(=O)N(CCOC)c2nc3ccccc3n2[C@@H]1c1ccc(OC)c(OC)c1OC. The molecule has 0 saturated carbocycles. The number of imidazole rings is 1. The van der Waals surface area contributed by atoms with E-state index < -0.39 is 23.8 Å². The number of carbonyl (C=O) groups is 2. The molecule has 4 rings (SSSR count). The van der Waals surface area contributed by atoms with Crippen LogP contribution in [0.4, 0.5) is 5.95 Å². The monoisotopic (exact) mass is 483 g/mol. The van der Waals surface area contributed by atoms with Crippen LogP contribution < -0.4 is 19.1 Å². The minimum atomic E-state index is -1.19. The quantitative estimate of drug-likeness (QED) is 0.338. The van der Waals surface area contributed by atoms with Gasteiger partial charge < -0.3 is 28.3 Å². The molecule has 10 nitrogen and oxygen atoms in total. The Morgan fingerprint density at radius 1 is 1.00 bits per heavy atom. The molecule has 1 aliphatic rings. The van der Waals surface area contributed by atoms with Gasteiger partial charge in [-0.1, -0.05) is 12.1 Å². The van der Waals surface area contributed by atoms with Gasteiger partial charge in [0.25, 0.3) is 0 Å². The van der Waals surface area contributed by atoms with E-state index in [0.717, 1.165) is 5.52 Å². The molecule has 1 amide bonds. The van der Waals surface area contributed by atoms with E-state index in [1.54, 1.807) is 26.2 Å². The number of benzene rings is 2. The summed E-state index contributed by atoms with van der Waals surface area (Å²) in [5.74, 6) is -0.668. The van der Waals surface area contributed by atoms with Gasteiger partial charge in [0.15, 0.2) is 17.4 Å². The minimum absolute atomic E-state index is 0.133. The fourth-order valence-electron chi connectivity index (χ4n) is 4.58. The number of aromatic nitrogens is 2. The molecule has 3 aromatic rings. The highest BCUT2D eigenvalue weighted by molar-refractivity contribution is 6.08. The molecule has 35 heavy (non-hydrogen) atoms. The summed E-state index contributed by atoms with van der Waals surface area (Å²) < 4.78 is 29.3. The molecule has 0 aliphatic carbocycles. The molecular formula is C25H29N3O7. The maximum Gasteiger partial charge on any atom is 0.321 e. The second-order valence-electron chi connectivity index (χ2n) is 7.85. The molecule has 2 heterocycles. The van der Waals surface area contributed by atoms with Crippen LogP contribution in [-0.4, -0.2) is 69.6 Å². The van der Waals surface area contributed by atoms with Crippen molar-refractivity contribution in [1.82, 2.24) is 9.55 Å². The zero-order chi connectivity index (χ0) is 25.1. The third-order valence-electron chi connectivity index (χ3n) is 6.06. The van der Waals surface area contributed by atoms with Crippen molar-refractivity contribution >= 4 is 28.9 Å². The number of anilines is 1. The second-order valence-corrected chi connectivity index (χ2v) is 7.85. The lowest BCUT2D eigenvalue weighted by atomic mass is 9.88. The van der Waals surface area contributed by atoms with Crippen LogP contribution in [0.1, 0.15) is 18.5 Å². The van der Waals surface area contributed by atoms with Gasteiger partial charge in [0.1, 0.15) is 0 Å². The lowest BCUT2D eigenvalue weighted by Gasteiger charge is -2.38. The van der Waals surface area contributed by atoms with Crippen molar-refractivity contribution < 1.29 is 33.3 Å². The van der Waals surface area contributed by atoms with Gasteiger partial charge in [-0.2, -0.15) is 0 Å². The molecule has 0 unspecified atom stereocenters. The lowest BCUT2D eigenvalue weighted by molar-refractivity contribution is -0.153. The van der Waals surface area contributed by atoms with E-state index in [4.69, 9.17) is 28.7 Å². The molecule has 2 aromatic carbocycles. The van der Waals surface area contributed by atoms with Crippen molar-refractivity contribution in [2.75, 3.05) is 53.1 Å². The average Bonchev–Trinajstić information content (AvgIpc) is 3.25. The molecular weight excluding hydrogens is 454 g/mol. The molecule has 0 fully saturated rings. The molecule has 1 aliphatic heterocycles. The third kappa shape index (κ3) is 4.03. The maximum atomic E-state index is 13.9. The highest BCUT2D eigenvalue weighted by Crippen LogP contribution is 2.48. The van der Waals surface area contributed by atoms with Gasteiger partial charge in [0.2, 0.25) is 17.6 Å².